The fraction of sp³-hybridized carbons (Fsp3) is 0.619. The van der Waals surface area contributed by atoms with E-state index < -0.39 is 11.6 Å². The van der Waals surface area contributed by atoms with Crippen LogP contribution in [-0.2, 0) is 14.3 Å². The van der Waals surface area contributed by atoms with Gasteiger partial charge < -0.3 is 19.5 Å². The molecule has 0 aliphatic heterocycles. The molecule has 1 N–H and O–H groups in total. The first-order valence-corrected chi connectivity index (χ1v) is 9.76. The molecule has 2 atom stereocenters. The quantitative estimate of drug-likeness (QED) is 0.688. The minimum Gasteiger partial charge on any atom is -0.493 e. The zero-order valence-electron chi connectivity index (χ0n) is 16.8. The molecular weight excluding hydrogens is 346 g/mol. The molecule has 6 nitrogen and oxygen atoms in total. The first kappa shape index (κ1) is 21.2. The lowest BCUT2D eigenvalue weighted by Crippen LogP contribution is -2.48. The van der Waals surface area contributed by atoms with E-state index in [1.807, 2.05) is 13.8 Å². The summed E-state index contributed by atoms with van der Waals surface area (Å²) in [6, 6.07) is 5.00. The van der Waals surface area contributed by atoms with Crippen molar-refractivity contribution in [2.24, 2.45) is 5.92 Å². The summed E-state index contributed by atoms with van der Waals surface area (Å²) in [5, 5.41) is 2.94. The fourth-order valence-electron chi connectivity index (χ4n) is 3.61. The molecule has 1 fully saturated rings. The van der Waals surface area contributed by atoms with Crippen LogP contribution < -0.4 is 10.1 Å². The van der Waals surface area contributed by atoms with Crippen molar-refractivity contribution in [3.63, 3.8) is 0 Å². The van der Waals surface area contributed by atoms with E-state index in [2.05, 4.69) is 12.2 Å². The molecule has 0 bridgehead atoms. The average Bonchev–Trinajstić information content (AvgIpc) is 2.67. The second kappa shape index (κ2) is 9.74. The highest BCUT2D eigenvalue weighted by Gasteiger charge is 2.42. The highest BCUT2D eigenvalue weighted by molar-refractivity contribution is 5.99. The van der Waals surface area contributed by atoms with E-state index in [9.17, 15) is 9.59 Å². The minimum absolute atomic E-state index is 0.150. The summed E-state index contributed by atoms with van der Waals surface area (Å²) in [7, 11) is 1.32. The highest BCUT2D eigenvalue weighted by atomic mass is 16.5. The number of anilines is 1. The van der Waals surface area contributed by atoms with Crippen LogP contribution in [0.3, 0.4) is 0 Å². The smallest absolute Gasteiger partial charge is 0.341 e. The lowest BCUT2D eigenvalue weighted by atomic mass is 9.78. The summed E-state index contributed by atoms with van der Waals surface area (Å²) in [5.41, 5.74) is 0.0109. The van der Waals surface area contributed by atoms with Gasteiger partial charge in [0.2, 0.25) is 0 Å². The molecule has 2 unspecified atom stereocenters. The minimum atomic E-state index is -0.808. The number of rotatable bonds is 8. The van der Waals surface area contributed by atoms with E-state index in [-0.39, 0.29) is 11.5 Å². The van der Waals surface area contributed by atoms with E-state index in [4.69, 9.17) is 14.2 Å². The van der Waals surface area contributed by atoms with Gasteiger partial charge in [0.15, 0.2) is 0 Å². The van der Waals surface area contributed by atoms with E-state index in [1.165, 1.54) is 7.11 Å². The maximum atomic E-state index is 13.1. The molecule has 1 aliphatic rings. The Morgan fingerprint density at radius 3 is 2.70 bits per heavy atom. The van der Waals surface area contributed by atoms with Gasteiger partial charge in [0.25, 0.3) is 5.91 Å². The van der Waals surface area contributed by atoms with Gasteiger partial charge in [-0.05, 0) is 56.7 Å². The number of nitrogens with one attached hydrogen (secondary N) is 1. The highest BCUT2D eigenvalue weighted by Crippen LogP contribution is 2.36. The molecule has 1 aromatic rings. The van der Waals surface area contributed by atoms with Gasteiger partial charge in [-0.2, -0.15) is 0 Å². The molecule has 150 valence electrons. The Labute approximate surface area is 161 Å². The van der Waals surface area contributed by atoms with E-state index >= 15 is 0 Å². The molecule has 1 saturated carbocycles. The normalized spacial score (nSPS) is 22.1. The third-order valence-corrected chi connectivity index (χ3v) is 4.89. The summed E-state index contributed by atoms with van der Waals surface area (Å²) >= 11 is 0. The van der Waals surface area contributed by atoms with Crippen molar-refractivity contribution >= 4 is 17.6 Å². The summed E-state index contributed by atoms with van der Waals surface area (Å²) in [6.07, 6.45) is 4.36. The number of carbonyl (C=O) groups excluding carboxylic acids is 2. The van der Waals surface area contributed by atoms with Crippen LogP contribution in [0, 0.1) is 5.92 Å². The van der Waals surface area contributed by atoms with Crippen LogP contribution >= 0.6 is 0 Å². The number of amides is 1. The van der Waals surface area contributed by atoms with Gasteiger partial charge in [0.1, 0.15) is 16.9 Å². The summed E-state index contributed by atoms with van der Waals surface area (Å²) in [5.74, 6) is 0.221. The fourth-order valence-corrected chi connectivity index (χ4v) is 3.61. The monoisotopic (exact) mass is 377 g/mol. The van der Waals surface area contributed by atoms with Gasteiger partial charge in [-0.25, -0.2) is 4.79 Å². The van der Waals surface area contributed by atoms with Crippen LogP contribution in [0.1, 0.15) is 63.2 Å². The molecule has 1 amide bonds. The average molecular weight is 377 g/mol. The van der Waals surface area contributed by atoms with Gasteiger partial charge >= 0.3 is 5.97 Å². The largest absolute Gasteiger partial charge is 0.493 e. The van der Waals surface area contributed by atoms with Crippen LogP contribution in [-0.4, -0.2) is 37.8 Å². The van der Waals surface area contributed by atoms with E-state index in [1.54, 1.807) is 18.2 Å². The molecule has 0 heterocycles. The lowest BCUT2D eigenvalue weighted by molar-refractivity contribution is -0.148. The Kier molecular flexibility index (Phi) is 7.66. The maximum Gasteiger partial charge on any atom is 0.341 e. The maximum absolute atomic E-state index is 13.1. The molecule has 2 rings (SSSR count). The van der Waals surface area contributed by atoms with Crippen LogP contribution in [0.2, 0.25) is 0 Å². The summed E-state index contributed by atoms with van der Waals surface area (Å²) in [4.78, 5) is 25.2. The molecule has 1 aliphatic carbocycles. The van der Waals surface area contributed by atoms with Crippen molar-refractivity contribution in [3.05, 3.63) is 23.8 Å². The third-order valence-electron chi connectivity index (χ3n) is 4.89. The topological polar surface area (TPSA) is 73.9 Å². The summed E-state index contributed by atoms with van der Waals surface area (Å²) in [6.45, 7) is 7.02. The van der Waals surface area contributed by atoms with Gasteiger partial charge in [0, 0.05) is 12.3 Å². The van der Waals surface area contributed by atoms with E-state index in [0.29, 0.717) is 43.4 Å². The number of hydrogen-bond acceptors (Lipinski definition) is 5. The molecule has 1 aromatic carbocycles. The number of esters is 1. The number of carbonyl (C=O) groups is 2. The first-order valence-electron chi connectivity index (χ1n) is 9.76. The molecule has 6 heteroatoms. The zero-order valence-corrected chi connectivity index (χ0v) is 16.8. The van der Waals surface area contributed by atoms with Crippen molar-refractivity contribution in [2.75, 3.05) is 25.6 Å². The molecule has 0 radical (unpaired) electrons. The van der Waals surface area contributed by atoms with Crippen molar-refractivity contribution < 1.29 is 23.8 Å². The van der Waals surface area contributed by atoms with Crippen LogP contribution in [0.15, 0.2) is 18.2 Å². The molecular formula is C21H31NO5. The van der Waals surface area contributed by atoms with Crippen molar-refractivity contribution in [2.45, 2.75) is 58.5 Å². The number of benzene rings is 1. The van der Waals surface area contributed by atoms with Crippen molar-refractivity contribution in [1.82, 2.24) is 0 Å². The number of methoxy groups -OCH3 is 1. The van der Waals surface area contributed by atoms with Crippen LogP contribution in [0.4, 0.5) is 5.69 Å². The second-order valence-corrected chi connectivity index (χ2v) is 7.13. The Hall–Kier alpha value is -2.08. The van der Waals surface area contributed by atoms with Crippen molar-refractivity contribution in [3.8, 4) is 5.75 Å². The predicted molar refractivity (Wildman–Crippen MR) is 104 cm³/mol. The van der Waals surface area contributed by atoms with E-state index in [0.717, 1.165) is 19.3 Å². The Morgan fingerprint density at radius 2 is 2.07 bits per heavy atom. The SMILES string of the molecule is CCCOC1(C(=O)Nc2ccc(OCC)c(C(=O)OC)c2)CCCC(C)C1. The molecule has 0 aromatic heterocycles. The van der Waals surface area contributed by atoms with Crippen LogP contribution in [0.25, 0.3) is 0 Å². The Morgan fingerprint density at radius 1 is 1.30 bits per heavy atom. The summed E-state index contributed by atoms with van der Waals surface area (Å²) < 4.78 is 16.4. The number of hydrogen-bond donors (Lipinski definition) is 1. The number of ether oxygens (including phenoxy) is 3. The van der Waals surface area contributed by atoms with Gasteiger partial charge in [0.05, 0.1) is 13.7 Å². The van der Waals surface area contributed by atoms with Crippen LogP contribution in [0.5, 0.6) is 5.75 Å². The Balaban J connectivity index is 2.25. The molecule has 0 saturated heterocycles. The van der Waals surface area contributed by atoms with Gasteiger partial charge in [-0.1, -0.05) is 20.3 Å². The van der Waals surface area contributed by atoms with Crippen molar-refractivity contribution in [1.29, 1.82) is 0 Å². The standard InChI is InChI=1S/C21H31NO5/c1-5-12-27-21(11-7-8-15(3)14-21)20(24)22-16-9-10-18(26-6-2)17(13-16)19(23)25-4/h9-10,13,15H,5-8,11-12,14H2,1-4H3,(H,22,24). The lowest BCUT2D eigenvalue weighted by Gasteiger charge is -2.38. The zero-order chi connectivity index (χ0) is 19.9. The molecule has 27 heavy (non-hydrogen) atoms. The third kappa shape index (κ3) is 5.22. The Bertz CT molecular complexity index is 660. The van der Waals surface area contributed by atoms with Gasteiger partial charge in [-0.15, -0.1) is 0 Å². The predicted octanol–water partition coefficient (Wildman–Crippen LogP) is 4.19. The second-order valence-electron chi connectivity index (χ2n) is 7.13. The first-order chi connectivity index (χ1) is 13.0. The molecule has 0 spiro atoms. The van der Waals surface area contributed by atoms with Gasteiger partial charge in [-0.3, -0.25) is 4.79 Å².